The quantitative estimate of drug-likeness (QED) is 0.700. The molecule has 0 unspecified atom stereocenters. The summed E-state index contributed by atoms with van der Waals surface area (Å²) in [6.07, 6.45) is -4.18. The van der Waals surface area contributed by atoms with Crippen molar-refractivity contribution in [2.75, 3.05) is 6.54 Å². The van der Waals surface area contributed by atoms with E-state index in [2.05, 4.69) is 16.0 Å². The molecule has 0 aromatic heterocycles. The monoisotopic (exact) mass is 357 g/mol. The molecular formula is C16H18F3N3O3. The second kappa shape index (κ2) is 6.73. The summed E-state index contributed by atoms with van der Waals surface area (Å²) in [6.45, 7) is 3.23. The molecule has 1 aliphatic heterocycles. The van der Waals surface area contributed by atoms with Crippen molar-refractivity contribution in [1.29, 1.82) is 0 Å². The van der Waals surface area contributed by atoms with Crippen molar-refractivity contribution < 1.29 is 27.6 Å². The van der Waals surface area contributed by atoms with Gasteiger partial charge < -0.3 is 10.6 Å². The molecule has 0 aliphatic carbocycles. The molecule has 1 aromatic rings. The van der Waals surface area contributed by atoms with Crippen LogP contribution >= 0.6 is 0 Å². The van der Waals surface area contributed by atoms with Crippen LogP contribution in [-0.4, -0.2) is 30.4 Å². The summed E-state index contributed by atoms with van der Waals surface area (Å²) in [5.41, 5.74) is -1.07. The van der Waals surface area contributed by atoms with Crippen molar-refractivity contribution in [2.45, 2.75) is 32.5 Å². The van der Waals surface area contributed by atoms with Crippen LogP contribution in [-0.2, 0) is 22.2 Å². The Kier molecular flexibility index (Phi) is 5.05. The summed E-state index contributed by atoms with van der Waals surface area (Å²) < 4.78 is 37.7. The van der Waals surface area contributed by atoms with Crippen LogP contribution in [0, 0.1) is 5.41 Å². The van der Waals surface area contributed by atoms with E-state index >= 15 is 0 Å². The molecular weight excluding hydrogens is 339 g/mol. The van der Waals surface area contributed by atoms with Crippen LogP contribution in [0.15, 0.2) is 24.3 Å². The number of nitrogens with one attached hydrogen (secondary N) is 3. The SMILES string of the molecule is CC(C)(Cc1ccc(C(F)(F)F)cc1)C(=O)NC[C@H]1NC(=O)NC1=O. The third-order valence-corrected chi connectivity index (χ3v) is 3.87. The van der Waals surface area contributed by atoms with E-state index in [0.717, 1.165) is 12.1 Å². The van der Waals surface area contributed by atoms with Gasteiger partial charge in [-0.05, 0) is 24.1 Å². The Morgan fingerprint density at radius 3 is 2.24 bits per heavy atom. The van der Waals surface area contributed by atoms with Crippen molar-refractivity contribution in [2.24, 2.45) is 5.41 Å². The molecule has 3 N–H and O–H groups in total. The summed E-state index contributed by atoms with van der Waals surface area (Å²) >= 11 is 0. The molecule has 1 aromatic carbocycles. The molecule has 0 radical (unpaired) electrons. The van der Waals surface area contributed by atoms with Gasteiger partial charge >= 0.3 is 12.2 Å². The molecule has 9 heteroatoms. The third-order valence-electron chi connectivity index (χ3n) is 3.87. The average molecular weight is 357 g/mol. The Morgan fingerprint density at radius 1 is 1.16 bits per heavy atom. The van der Waals surface area contributed by atoms with E-state index in [-0.39, 0.29) is 18.9 Å². The summed E-state index contributed by atoms with van der Waals surface area (Å²) in [6, 6.07) is 3.17. The van der Waals surface area contributed by atoms with Gasteiger partial charge in [0.05, 0.1) is 5.56 Å². The topological polar surface area (TPSA) is 87.3 Å². The first-order valence-electron chi connectivity index (χ1n) is 7.55. The number of alkyl halides is 3. The molecule has 1 fully saturated rings. The summed E-state index contributed by atoms with van der Waals surface area (Å²) in [5, 5.41) is 6.99. The Balaban J connectivity index is 1.94. The summed E-state index contributed by atoms with van der Waals surface area (Å²) in [5.74, 6) is -0.896. The molecule has 25 heavy (non-hydrogen) atoms. The fraction of sp³-hybridized carbons (Fsp3) is 0.438. The lowest BCUT2D eigenvalue weighted by Gasteiger charge is -2.24. The van der Waals surface area contributed by atoms with Crippen LogP contribution in [0.5, 0.6) is 0 Å². The van der Waals surface area contributed by atoms with Gasteiger partial charge in [-0.1, -0.05) is 26.0 Å². The van der Waals surface area contributed by atoms with Crippen molar-refractivity contribution in [3.63, 3.8) is 0 Å². The maximum atomic E-state index is 12.6. The highest BCUT2D eigenvalue weighted by atomic mass is 19.4. The van der Waals surface area contributed by atoms with Crippen LogP contribution < -0.4 is 16.0 Å². The number of hydrogen-bond donors (Lipinski definition) is 3. The Labute approximate surface area is 142 Å². The molecule has 0 bridgehead atoms. The highest BCUT2D eigenvalue weighted by molar-refractivity contribution is 6.04. The third kappa shape index (κ3) is 4.71. The lowest BCUT2D eigenvalue weighted by atomic mass is 9.84. The fourth-order valence-electron chi connectivity index (χ4n) is 2.44. The van der Waals surface area contributed by atoms with Gasteiger partial charge in [-0.3, -0.25) is 14.9 Å². The predicted molar refractivity (Wildman–Crippen MR) is 82.4 cm³/mol. The number of urea groups is 1. The minimum atomic E-state index is -4.41. The molecule has 1 saturated heterocycles. The van der Waals surface area contributed by atoms with Crippen LogP contribution in [0.3, 0.4) is 0 Å². The van der Waals surface area contributed by atoms with Crippen LogP contribution in [0.1, 0.15) is 25.0 Å². The zero-order valence-corrected chi connectivity index (χ0v) is 13.7. The first kappa shape index (κ1) is 18.8. The van der Waals surface area contributed by atoms with E-state index < -0.39 is 35.1 Å². The Hall–Kier alpha value is -2.58. The van der Waals surface area contributed by atoms with Crippen LogP contribution in [0.2, 0.25) is 0 Å². The van der Waals surface area contributed by atoms with Crippen molar-refractivity contribution in [3.8, 4) is 0 Å². The maximum absolute atomic E-state index is 12.6. The predicted octanol–water partition coefficient (Wildman–Crippen LogP) is 1.60. The molecule has 1 aliphatic rings. The van der Waals surface area contributed by atoms with E-state index in [4.69, 9.17) is 0 Å². The number of carbonyl (C=O) groups is 3. The second-order valence-electron chi connectivity index (χ2n) is 6.48. The molecule has 0 spiro atoms. The number of carbonyl (C=O) groups excluding carboxylic acids is 3. The van der Waals surface area contributed by atoms with E-state index in [9.17, 15) is 27.6 Å². The largest absolute Gasteiger partial charge is 0.416 e. The Morgan fingerprint density at radius 2 is 1.76 bits per heavy atom. The van der Waals surface area contributed by atoms with Gasteiger partial charge in [0, 0.05) is 12.0 Å². The van der Waals surface area contributed by atoms with E-state index in [1.54, 1.807) is 13.8 Å². The second-order valence-corrected chi connectivity index (χ2v) is 6.48. The minimum Gasteiger partial charge on any atom is -0.353 e. The number of imide groups is 1. The van der Waals surface area contributed by atoms with Crippen molar-refractivity contribution in [3.05, 3.63) is 35.4 Å². The summed E-state index contributed by atoms with van der Waals surface area (Å²) in [4.78, 5) is 34.7. The lowest BCUT2D eigenvalue weighted by Crippen LogP contribution is -2.46. The average Bonchev–Trinajstić information content (AvgIpc) is 2.81. The van der Waals surface area contributed by atoms with Gasteiger partial charge in [-0.25, -0.2) is 4.79 Å². The number of benzene rings is 1. The molecule has 0 saturated carbocycles. The fourth-order valence-corrected chi connectivity index (χ4v) is 2.44. The van der Waals surface area contributed by atoms with Gasteiger partial charge in [0.2, 0.25) is 5.91 Å². The molecule has 6 nitrogen and oxygen atoms in total. The van der Waals surface area contributed by atoms with Crippen LogP contribution in [0.4, 0.5) is 18.0 Å². The van der Waals surface area contributed by atoms with Gasteiger partial charge in [0.15, 0.2) is 0 Å². The molecule has 136 valence electrons. The number of halogens is 3. The summed E-state index contributed by atoms with van der Waals surface area (Å²) in [7, 11) is 0. The zero-order valence-electron chi connectivity index (χ0n) is 13.7. The van der Waals surface area contributed by atoms with Crippen LogP contribution in [0.25, 0.3) is 0 Å². The first-order chi connectivity index (χ1) is 11.5. The van der Waals surface area contributed by atoms with Crippen molar-refractivity contribution in [1.82, 2.24) is 16.0 Å². The van der Waals surface area contributed by atoms with Gasteiger partial charge in [-0.2, -0.15) is 13.2 Å². The molecule has 1 heterocycles. The van der Waals surface area contributed by atoms with E-state index in [0.29, 0.717) is 5.56 Å². The van der Waals surface area contributed by atoms with Gasteiger partial charge in [0.1, 0.15) is 6.04 Å². The van der Waals surface area contributed by atoms with Gasteiger partial charge in [0.25, 0.3) is 5.91 Å². The van der Waals surface area contributed by atoms with E-state index in [1.807, 2.05) is 0 Å². The van der Waals surface area contributed by atoms with Crippen molar-refractivity contribution >= 4 is 17.8 Å². The molecule has 4 amide bonds. The standard InChI is InChI=1S/C16H18F3N3O3/c1-15(2,7-9-3-5-10(6-4-9)16(17,18)19)13(24)20-8-11-12(23)22-14(25)21-11/h3-6,11H,7-8H2,1-2H3,(H,20,24)(H2,21,22,23,25)/t11-/m1/s1. The first-order valence-corrected chi connectivity index (χ1v) is 7.55. The Bertz CT molecular complexity index is 684. The number of amides is 4. The number of rotatable bonds is 5. The van der Waals surface area contributed by atoms with Gasteiger partial charge in [-0.15, -0.1) is 0 Å². The highest BCUT2D eigenvalue weighted by Crippen LogP contribution is 2.30. The minimum absolute atomic E-state index is 0.0627. The normalized spacial score (nSPS) is 17.9. The maximum Gasteiger partial charge on any atom is 0.416 e. The number of hydrogen-bond acceptors (Lipinski definition) is 3. The smallest absolute Gasteiger partial charge is 0.353 e. The molecule has 2 rings (SSSR count). The molecule has 1 atom stereocenters. The van der Waals surface area contributed by atoms with E-state index in [1.165, 1.54) is 12.1 Å². The zero-order chi connectivity index (χ0) is 18.8. The lowest BCUT2D eigenvalue weighted by molar-refractivity contribution is -0.137. The highest BCUT2D eigenvalue weighted by Gasteiger charge is 2.33.